The van der Waals surface area contributed by atoms with Crippen molar-refractivity contribution in [3.63, 3.8) is 0 Å². The molecule has 0 saturated carbocycles. The number of hydrogen-bond acceptors (Lipinski definition) is 1. The van der Waals surface area contributed by atoms with Gasteiger partial charge in [0, 0.05) is 11.1 Å². The molecule has 92 valence electrons. The lowest BCUT2D eigenvalue weighted by atomic mass is 10.2. The Morgan fingerprint density at radius 1 is 1.35 bits per heavy atom. The van der Waals surface area contributed by atoms with E-state index in [0.29, 0.717) is 5.57 Å². The summed E-state index contributed by atoms with van der Waals surface area (Å²) in [5, 5.41) is 10.6. The molecule has 2 nitrogen and oxygen atoms in total. The van der Waals surface area contributed by atoms with Gasteiger partial charge in [-0.15, -0.1) is 0 Å². The number of nitriles is 1. The number of nitrogens with zero attached hydrogens (tertiary/aromatic N) is 1. The molecule has 0 aromatic rings. The predicted molar refractivity (Wildman–Crippen MR) is 75.1 cm³/mol. The second-order valence-electron chi connectivity index (χ2n) is 2.91. The highest BCUT2D eigenvalue weighted by Gasteiger charge is 1.93. The van der Waals surface area contributed by atoms with Gasteiger partial charge < -0.3 is 5.32 Å². The van der Waals surface area contributed by atoms with Crippen LogP contribution in [0.2, 0.25) is 0 Å². The van der Waals surface area contributed by atoms with E-state index < -0.39 is 0 Å². The monoisotopic (exact) mass is 231 g/mol. The molecule has 0 amide bonds. The highest BCUT2D eigenvalue weighted by molar-refractivity contribution is 5.36. The SMILES string of the molecule is C=C/C(=C\C(=C)C#N)C[NH2+]/C=C\C=C/C.CC. The predicted octanol–water partition coefficient (Wildman–Crippen LogP) is 2.86. The second kappa shape index (κ2) is 14.2. The van der Waals surface area contributed by atoms with E-state index in [1.54, 1.807) is 12.2 Å². The fraction of sp³-hybridized carbons (Fsp3) is 0.267. The van der Waals surface area contributed by atoms with Crippen LogP contribution in [0.15, 0.2) is 60.9 Å². The van der Waals surface area contributed by atoms with E-state index in [2.05, 4.69) is 13.2 Å². The first-order valence-corrected chi connectivity index (χ1v) is 5.77. The summed E-state index contributed by atoms with van der Waals surface area (Å²) in [6, 6.07) is 1.98. The second-order valence-corrected chi connectivity index (χ2v) is 2.91. The maximum Gasteiger partial charge on any atom is 0.105 e. The Labute approximate surface area is 105 Å². The summed E-state index contributed by atoms with van der Waals surface area (Å²) in [4.78, 5) is 0. The van der Waals surface area contributed by atoms with Crippen LogP contribution in [0.1, 0.15) is 20.8 Å². The molecule has 2 N–H and O–H groups in total. The molecule has 0 fully saturated rings. The fourth-order valence-corrected chi connectivity index (χ4v) is 0.915. The zero-order valence-corrected chi connectivity index (χ0v) is 11.1. The summed E-state index contributed by atoms with van der Waals surface area (Å²) >= 11 is 0. The highest BCUT2D eigenvalue weighted by atomic mass is 14.8. The normalized spacial score (nSPS) is 10.8. The molecule has 0 heterocycles. The molecule has 0 rings (SSSR count). The third-order valence-corrected chi connectivity index (χ3v) is 1.67. The molecule has 0 aliphatic heterocycles. The molecule has 2 heteroatoms. The van der Waals surface area contributed by atoms with Crippen LogP contribution in [-0.2, 0) is 0 Å². The number of allylic oxidation sites excluding steroid dienone is 5. The average molecular weight is 231 g/mol. The molecule has 0 saturated heterocycles. The average Bonchev–Trinajstić information content (AvgIpc) is 2.39. The third kappa shape index (κ3) is 12.1. The van der Waals surface area contributed by atoms with Crippen LogP contribution >= 0.6 is 0 Å². The van der Waals surface area contributed by atoms with Gasteiger partial charge in [0.15, 0.2) is 0 Å². The van der Waals surface area contributed by atoms with Crippen molar-refractivity contribution >= 4 is 0 Å². The minimum Gasteiger partial charge on any atom is -0.316 e. The van der Waals surface area contributed by atoms with Crippen LogP contribution < -0.4 is 5.32 Å². The van der Waals surface area contributed by atoms with Gasteiger partial charge in [-0.05, 0) is 19.1 Å². The van der Waals surface area contributed by atoms with Gasteiger partial charge in [0.1, 0.15) is 6.54 Å². The van der Waals surface area contributed by atoms with Crippen LogP contribution in [0.3, 0.4) is 0 Å². The first kappa shape index (κ1) is 17.5. The van der Waals surface area contributed by atoms with Crippen LogP contribution in [0.5, 0.6) is 0 Å². The van der Waals surface area contributed by atoms with Gasteiger partial charge in [-0.1, -0.05) is 45.2 Å². The topological polar surface area (TPSA) is 40.4 Å². The Balaban J connectivity index is 0. The van der Waals surface area contributed by atoms with Gasteiger partial charge in [-0.3, -0.25) is 0 Å². The summed E-state index contributed by atoms with van der Waals surface area (Å²) < 4.78 is 0. The molecule has 0 bridgehead atoms. The molecule has 0 unspecified atom stereocenters. The molecule has 0 spiro atoms. The molecule has 0 radical (unpaired) electrons. The number of hydrogen-bond donors (Lipinski definition) is 1. The molecule has 0 aliphatic carbocycles. The van der Waals surface area contributed by atoms with Gasteiger partial charge in [0.25, 0.3) is 0 Å². The molecular weight excluding hydrogens is 208 g/mol. The Morgan fingerprint density at radius 2 is 2.00 bits per heavy atom. The number of rotatable bonds is 6. The van der Waals surface area contributed by atoms with E-state index in [1.165, 1.54) is 0 Å². The van der Waals surface area contributed by atoms with Crippen molar-refractivity contribution in [3.8, 4) is 6.07 Å². The molecular formula is C15H23N2+. The lowest BCUT2D eigenvalue weighted by Gasteiger charge is -1.96. The smallest absolute Gasteiger partial charge is 0.105 e. The molecule has 0 aliphatic rings. The largest absolute Gasteiger partial charge is 0.316 e. The van der Waals surface area contributed by atoms with E-state index in [4.69, 9.17) is 5.26 Å². The number of nitrogens with two attached hydrogens (primary N) is 1. The molecule has 0 aromatic carbocycles. The zero-order chi connectivity index (χ0) is 13.5. The van der Waals surface area contributed by atoms with Crippen LogP contribution in [-0.4, -0.2) is 6.54 Å². The van der Waals surface area contributed by atoms with Crippen molar-refractivity contribution in [2.24, 2.45) is 0 Å². The van der Waals surface area contributed by atoms with Crippen LogP contribution in [0.25, 0.3) is 0 Å². The highest BCUT2D eigenvalue weighted by Crippen LogP contribution is 1.98. The van der Waals surface area contributed by atoms with Gasteiger partial charge in [0.05, 0.1) is 12.3 Å². The Morgan fingerprint density at radius 3 is 2.47 bits per heavy atom. The quantitative estimate of drug-likeness (QED) is 0.554. The zero-order valence-electron chi connectivity index (χ0n) is 11.1. The van der Waals surface area contributed by atoms with Crippen molar-refractivity contribution in [3.05, 3.63) is 60.9 Å². The van der Waals surface area contributed by atoms with Crippen LogP contribution in [0.4, 0.5) is 0 Å². The van der Waals surface area contributed by atoms with E-state index in [9.17, 15) is 0 Å². The summed E-state index contributed by atoms with van der Waals surface area (Å²) in [6.07, 6.45) is 11.3. The number of quaternary nitrogens is 1. The first-order chi connectivity index (χ1) is 8.24. The van der Waals surface area contributed by atoms with Crippen molar-refractivity contribution in [2.45, 2.75) is 20.8 Å². The van der Waals surface area contributed by atoms with Crippen molar-refractivity contribution in [2.75, 3.05) is 6.54 Å². The van der Waals surface area contributed by atoms with Crippen molar-refractivity contribution in [1.29, 1.82) is 5.26 Å². The van der Waals surface area contributed by atoms with Gasteiger partial charge in [0.2, 0.25) is 0 Å². The summed E-state index contributed by atoms with van der Waals surface area (Å²) in [7, 11) is 0. The third-order valence-electron chi connectivity index (χ3n) is 1.67. The van der Waals surface area contributed by atoms with E-state index >= 15 is 0 Å². The first-order valence-electron chi connectivity index (χ1n) is 5.77. The lowest BCUT2D eigenvalue weighted by Crippen LogP contribution is -2.78. The maximum absolute atomic E-state index is 8.56. The maximum atomic E-state index is 8.56. The van der Waals surface area contributed by atoms with Gasteiger partial charge in [-0.25, -0.2) is 0 Å². The van der Waals surface area contributed by atoms with E-state index in [-0.39, 0.29) is 0 Å². The van der Waals surface area contributed by atoms with Gasteiger partial charge >= 0.3 is 0 Å². The minimum atomic E-state index is 0.454. The molecule has 17 heavy (non-hydrogen) atoms. The molecule has 0 aromatic heterocycles. The summed E-state index contributed by atoms with van der Waals surface area (Å²) in [6.45, 7) is 14.0. The standard InChI is InChI=1S/C13H16N2.C2H6/c1-4-6-7-8-15-11-13(5-2)9-12(3)10-14;1-2/h4-9,15H,2-3,11H2,1H3;1-2H3/p+1/b6-4-,8-7-,13-9+;. The summed E-state index contributed by atoms with van der Waals surface area (Å²) in [5.74, 6) is 0. The van der Waals surface area contributed by atoms with Crippen molar-refractivity contribution in [1.82, 2.24) is 0 Å². The minimum absolute atomic E-state index is 0.454. The Bertz CT molecular complexity index is 338. The molecule has 0 atom stereocenters. The Kier molecular flexibility index (Phi) is 14.6. The van der Waals surface area contributed by atoms with Crippen LogP contribution in [0, 0.1) is 11.3 Å². The van der Waals surface area contributed by atoms with E-state index in [0.717, 1.165) is 12.1 Å². The van der Waals surface area contributed by atoms with Crippen molar-refractivity contribution < 1.29 is 5.32 Å². The summed E-state index contributed by atoms with van der Waals surface area (Å²) in [5.41, 5.74) is 1.45. The van der Waals surface area contributed by atoms with Gasteiger partial charge in [-0.2, -0.15) is 5.26 Å². The Hall–Kier alpha value is -1.85. The lowest BCUT2D eigenvalue weighted by molar-refractivity contribution is -0.579. The fourth-order valence-electron chi connectivity index (χ4n) is 0.915. The van der Waals surface area contributed by atoms with E-state index in [1.807, 2.05) is 56.6 Å².